The van der Waals surface area contributed by atoms with Gasteiger partial charge < -0.3 is 4.74 Å². The number of alkyl halides is 1. The van der Waals surface area contributed by atoms with E-state index in [1.807, 2.05) is 0 Å². The van der Waals surface area contributed by atoms with Gasteiger partial charge in [-0.05, 0) is 31.6 Å². The largest absolute Gasteiger partial charge is 0.371 e. The van der Waals surface area contributed by atoms with Crippen molar-refractivity contribution in [1.82, 2.24) is 0 Å². The maximum Gasteiger partial charge on any atom is 0.0782 e. The van der Waals surface area contributed by atoms with Gasteiger partial charge in [-0.25, -0.2) is 0 Å². The number of ether oxygens (including phenoxy) is 1. The van der Waals surface area contributed by atoms with Crippen LogP contribution < -0.4 is 0 Å². The lowest BCUT2D eigenvalue weighted by Crippen LogP contribution is -2.39. The Kier molecular flexibility index (Phi) is 6.00. The van der Waals surface area contributed by atoms with Gasteiger partial charge in [0.25, 0.3) is 0 Å². The molecule has 18 heavy (non-hydrogen) atoms. The van der Waals surface area contributed by atoms with Crippen LogP contribution in [0.3, 0.4) is 0 Å². The molecule has 0 aliphatic heterocycles. The molecule has 2 unspecified atom stereocenters. The van der Waals surface area contributed by atoms with E-state index in [0.717, 1.165) is 11.2 Å². The minimum absolute atomic E-state index is 0.163. The minimum Gasteiger partial charge on any atom is -0.371 e. The van der Waals surface area contributed by atoms with Crippen LogP contribution in [0.4, 0.5) is 0 Å². The summed E-state index contributed by atoms with van der Waals surface area (Å²) in [4.78, 5) is 0. The van der Waals surface area contributed by atoms with Crippen LogP contribution >= 0.6 is 15.9 Å². The molecule has 0 aromatic carbocycles. The van der Waals surface area contributed by atoms with E-state index in [4.69, 9.17) is 4.74 Å². The molecular weight excluding hydrogens is 288 g/mol. The summed E-state index contributed by atoms with van der Waals surface area (Å²) in [5.41, 5.74) is 0.163. The molecule has 0 spiro atoms. The Hall–Kier alpha value is 0.440. The molecule has 2 saturated carbocycles. The Labute approximate surface area is 121 Å². The summed E-state index contributed by atoms with van der Waals surface area (Å²) in [5.74, 6) is 0.918. The van der Waals surface area contributed by atoms with E-state index in [2.05, 4.69) is 22.9 Å². The number of hydrogen-bond donors (Lipinski definition) is 0. The van der Waals surface area contributed by atoms with Gasteiger partial charge in [-0.15, -0.1) is 0 Å². The Balaban J connectivity index is 1.91. The zero-order valence-electron chi connectivity index (χ0n) is 11.9. The van der Waals surface area contributed by atoms with Crippen molar-refractivity contribution in [3.63, 3.8) is 0 Å². The van der Waals surface area contributed by atoms with E-state index < -0.39 is 0 Å². The van der Waals surface area contributed by atoms with E-state index >= 15 is 0 Å². The third kappa shape index (κ3) is 3.96. The van der Waals surface area contributed by atoms with Crippen molar-refractivity contribution in [1.29, 1.82) is 0 Å². The maximum atomic E-state index is 6.63. The molecule has 1 nitrogen and oxygen atoms in total. The third-order valence-corrected chi connectivity index (χ3v) is 6.01. The molecule has 0 heterocycles. The molecule has 0 amide bonds. The summed E-state index contributed by atoms with van der Waals surface area (Å²) in [6.45, 7) is 2.33. The summed E-state index contributed by atoms with van der Waals surface area (Å²) >= 11 is 3.74. The zero-order valence-corrected chi connectivity index (χ0v) is 13.5. The van der Waals surface area contributed by atoms with Crippen LogP contribution in [0.2, 0.25) is 0 Å². The van der Waals surface area contributed by atoms with Gasteiger partial charge in [-0.3, -0.25) is 0 Å². The molecule has 2 aliphatic carbocycles. The molecule has 0 aromatic heterocycles. The Bertz CT molecular complexity index is 233. The van der Waals surface area contributed by atoms with Crippen molar-refractivity contribution in [3.05, 3.63) is 0 Å². The fraction of sp³-hybridized carbons (Fsp3) is 1.00. The molecule has 0 N–H and O–H groups in total. The minimum atomic E-state index is 0.163. The SMILES string of the molecule is CCC1CCCC(OC2(CBr)CCCCCC2)C1. The molecule has 2 aliphatic rings. The smallest absolute Gasteiger partial charge is 0.0782 e. The highest BCUT2D eigenvalue weighted by Crippen LogP contribution is 2.37. The molecule has 0 radical (unpaired) electrons. The third-order valence-electron chi connectivity index (χ3n) is 4.99. The monoisotopic (exact) mass is 316 g/mol. The molecule has 106 valence electrons. The van der Waals surface area contributed by atoms with Crippen LogP contribution in [0, 0.1) is 5.92 Å². The predicted octanol–water partition coefficient (Wildman–Crippen LogP) is 5.46. The fourth-order valence-corrected chi connectivity index (χ4v) is 4.42. The van der Waals surface area contributed by atoms with Crippen molar-refractivity contribution < 1.29 is 4.74 Å². The molecule has 0 bridgehead atoms. The summed E-state index contributed by atoms with van der Waals surface area (Å²) in [5, 5.41) is 1.04. The fourth-order valence-electron chi connectivity index (χ4n) is 3.73. The molecule has 0 aromatic rings. The first-order valence-electron chi connectivity index (χ1n) is 8.02. The van der Waals surface area contributed by atoms with Gasteiger partial charge in [-0.2, -0.15) is 0 Å². The second-order valence-corrected chi connectivity index (χ2v) is 6.97. The predicted molar refractivity (Wildman–Crippen MR) is 81.3 cm³/mol. The van der Waals surface area contributed by atoms with Crippen LogP contribution in [0.15, 0.2) is 0 Å². The van der Waals surface area contributed by atoms with Crippen molar-refractivity contribution in [3.8, 4) is 0 Å². The lowest BCUT2D eigenvalue weighted by Gasteiger charge is -2.38. The van der Waals surface area contributed by atoms with E-state index in [-0.39, 0.29) is 5.60 Å². The van der Waals surface area contributed by atoms with Crippen LogP contribution in [-0.2, 0) is 4.74 Å². The lowest BCUT2D eigenvalue weighted by atomic mass is 9.85. The molecule has 0 saturated heterocycles. The second-order valence-electron chi connectivity index (χ2n) is 6.41. The van der Waals surface area contributed by atoms with Gasteiger partial charge in [0.2, 0.25) is 0 Å². The number of hydrogen-bond acceptors (Lipinski definition) is 1. The highest BCUT2D eigenvalue weighted by molar-refractivity contribution is 9.09. The van der Waals surface area contributed by atoms with Crippen molar-refractivity contribution in [2.24, 2.45) is 5.92 Å². The summed E-state index contributed by atoms with van der Waals surface area (Å²) in [7, 11) is 0. The normalized spacial score (nSPS) is 33.0. The van der Waals surface area contributed by atoms with Gasteiger partial charge in [0.1, 0.15) is 0 Å². The van der Waals surface area contributed by atoms with Crippen LogP contribution in [0.25, 0.3) is 0 Å². The Morgan fingerprint density at radius 2 is 1.78 bits per heavy atom. The van der Waals surface area contributed by atoms with E-state index in [9.17, 15) is 0 Å². The lowest BCUT2D eigenvalue weighted by molar-refractivity contribution is -0.105. The van der Waals surface area contributed by atoms with E-state index in [1.54, 1.807) is 0 Å². The standard InChI is InChI=1S/C16H29BrO/c1-2-14-8-7-9-15(12-14)18-16(13-17)10-5-3-4-6-11-16/h14-15H,2-13H2,1H3. The van der Waals surface area contributed by atoms with Gasteiger partial charge in [0, 0.05) is 5.33 Å². The Morgan fingerprint density at radius 1 is 1.06 bits per heavy atom. The quantitative estimate of drug-likeness (QED) is 0.494. The highest BCUT2D eigenvalue weighted by Gasteiger charge is 2.35. The van der Waals surface area contributed by atoms with Crippen molar-refractivity contribution in [2.75, 3.05) is 5.33 Å². The van der Waals surface area contributed by atoms with E-state index in [1.165, 1.54) is 70.6 Å². The van der Waals surface area contributed by atoms with E-state index in [0.29, 0.717) is 6.10 Å². The Morgan fingerprint density at radius 3 is 2.39 bits per heavy atom. The number of halogens is 1. The van der Waals surface area contributed by atoms with Gasteiger partial charge >= 0.3 is 0 Å². The van der Waals surface area contributed by atoms with Crippen LogP contribution in [-0.4, -0.2) is 17.0 Å². The van der Waals surface area contributed by atoms with Crippen LogP contribution in [0.5, 0.6) is 0 Å². The zero-order chi connectivity index (χ0) is 12.8. The number of rotatable bonds is 4. The van der Waals surface area contributed by atoms with Crippen LogP contribution in [0.1, 0.15) is 77.6 Å². The molecule has 2 atom stereocenters. The van der Waals surface area contributed by atoms with Crippen molar-refractivity contribution in [2.45, 2.75) is 89.3 Å². The second kappa shape index (κ2) is 7.28. The van der Waals surface area contributed by atoms with Crippen molar-refractivity contribution >= 4 is 15.9 Å². The van der Waals surface area contributed by atoms with Gasteiger partial charge in [0.05, 0.1) is 11.7 Å². The summed E-state index contributed by atoms with van der Waals surface area (Å²) in [6.07, 6.45) is 15.3. The highest BCUT2D eigenvalue weighted by atomic mass is 79.9. The van der Waals surface area contributed by atoms with Gasteiger partial charge in [-0.1, -0.05) is 67.8 Å². The molecule has 2 fully saturated rings. The first-order chi connectivity index (χ1) is 8.78. The average molecular weight is 317 g/mol. The summed E-state index contributed by atoms with van der Waals surface area (Å²) in [6, 6.07) is 0. The average Bonchev–Trinajstić information content (AvgIpc) is 2.65. The first kappa shape index (κ1) is 14.8. The first-order valence-corrected chi connectivity index (χ1v) is 9.14. The molecule has 2 heteroatoms. The molecule has 2 rings (SSSR count). The molecular formula is C16H29BrO. The summed E-state index contributed by atoms with van der Waals surface area (Å²) < 4.78 is 6.63. The maximum absolute atomic E-state index is 6.63. The van der Waals surface area contributed by atoms with Gasteiger partial charge in [0.15, 0.2) is 0 Å². The topological polar surface area (TPSA) is 9.23 Å².